The average molecular weight is 345 g/mol. The Morgan fingerprint density at radius 1 is 1.10 bits per heavy atom. The maximum atomic E-state index is 13.4. The molecular formula is C14H12BrF3N2. The fourth-order valence-corrected chi connectivity index (χ4v) is 2.40. The number of hydrazine groups is 1. The molecule has 3 N–H and O–H groups in total. The Balaban J connectivity index is 2.31. The van der Waals surface area contributed by atoms with Gasteiger partial charge >= 0.3 is 0 Å². The molecule has 0 aliphatic heterocycles. The zero-order valence-corrected chi connectivity index (χ0v) is 11.9. The third-order valence-corrected chi connectivity index (χ3v) is 3.83. The van der Waals surface area contributed by atoms with Crippen LogP contribution in [-0.4, -0.2) is 0 Å². The molecule has 0 radical (unpaired) electrons. The number of benzene rings is 2. The summed E-state index contributed by atoms with van der Waals surface area (Å²) in [5.74, 6) is 3.67. The summed E-state index contributed by atoms with van der Waals surface area (Å²) in [6.07, 6.45) is 0.289. The minimum Gasteiger partial charge on any atom is -0.271 e. The van der Waals surface area contributed by atoms with Crippen LogP contribution in [0.3, 0.4) is 0 Å². The first-order chi connectivity index (χ1) is 9.51. The van der Waals surface area contributed by atoms with Gasteiger partial charge in [-0.15, -0.1) is 0 Å². The van der Waals surface area contributed by atoms with Crippen molar-refractivity contribution in [3.63, 3.8) is 0 Å². The molecule has 0 aliphatic carbocycles. The van der Waals surface area contributed by atoms with Crippen molar-refractivity contribution in [2.75, 3.05) is 0 Å². The van der Waals surface area contributed by atoms with Crippen LogP contribution < -0.4 is 11.3 Å². The predicted molar refractivity (Wildman–Crippen MR) is 74.2 cm³/mol. The maximum absolute atomic E-state index is 13.4. The summed E-state index contributed by atoms with van der Waals surface area (Å²) < 4.78 is 40.2. The normalized spacial score (nSPS) is 12.4. The molecule has 6 heteroatoms. The Kier molecular flexibility index (Phi) is 4.80. The SMILES string of the molecule is NNC(Cc1cccc(F)c1Br)c1cc(F)cc(F)c1. The van der Waals surface area contributed by atoms with Gasteiger partial charge in [-0.2, -0.15) is 0 Å². The number of halogens is 4. The van der Waals surface area contributed by atoms with E-state index in [2.05, 4.69) is 21.4 Å². The van der Waals surface area contributed by atoms with Gasteiger partial charge in [-0.25, -0.2) is 13.2 Å². The molecule has 20 heavy (non-hydrogen) atoms. The average Bonchev–Trinajstić information content (AvgIpc) is 2.39. The van der Waals surface area contributed by atoms with Gasteiger partial charge in [0.15, 0.2) is 0 Å². The molecule has 2 aromatic carbocycles. The fraction of sp³-hybridized carbons (Fsp3) is 0.143. The Morgan fingerprint density at radius 3 is 2.35 bits per heavy atom. The second kappa shape index (κ2) is 6.39. The van der Waals surface area contributed by atoms with Crippen LogP contribution in [0.4, 0.5) is 13.2 Å². The van der Waals surface area contributed by atoms with Gasteiger partial charge < -0.3 is 0 Å². The van der Waals surface area contributed by atoms with E-state index in [1.165, 1.54) is 18.2 Å². The molecule has 0 aromatic heterocycles. The van der Waals surface area contributed by atoms with Crippen LogP contribution in [0.5, 0.6) is 0 Å². The molecule has 2 rings (SSSR count). The van der Waals surface area contributed by atoms with Gasteiger partial charge in [-0.3, -0.25) is 11.3 Å². The van der Waals surface area contributed by atoms with E-state index in [0.29, 0.717) is 15.6 Å². The molecule has 0 saturated carbocycles. The third kappa shape index (κ3) is 3.39. The standard InChI is InChI=1S/C14H12BrF3N2/c15-14-8(2-1-3-12(14)18)6-13(20-19)9-4-10(16)7-11(17)5-9/h1-5,7,13,20H,6,19H2. The highest BCUT2D eigenvalue weighted by Crippen LogP contribution is 2.26. The van der Waals surface area contributed by atoms with Crippen LogP contribution in [0, 0.1) is 17.5 Å². The van der Waals surface area contributed by atoms with Gasteiger partial charge in [0.1, 0.15) is 17.5 Å². The summed E-state index contributed by atoms with van der Waals surface area (Å²) in [7, 11) is 0. The van der Waals surface area contributed by atoms with Gasteiger partial charge in [0.2, 0.25) is 0 Å². The molecule has 0 saturated heterocycles. The molecular weight excluding hydrogens is 333 g/mol. The Morgan fingerprint density at radius 2 is 1.75 bits per heavy atom. The lowest BCUT2D eigenvalue weighted by Crippen LogP contribution is -2.30. The van der Waals surface area contributed by atoms with Crippen LogP contribution in [-0.2, 0) is 6.42 Å². The van der Waals surface area contributed by atoms with E-state index in [0.717, 1.165) is 6.07 Å². The molecule has 0 heterocycles. The van der Waals surface area contributed by atoms with Crippen molar-refractivity contribution < 1.29 is 13.2 Å². The number of hydrogen-bond acceptors (Lipinski definition) is 2. The van der Waals surface area contributed by atoms with Crippen LogP contribution >= 0.6 is 15.9 Å². The molecule has 106 valence electrons. The highest BCUT2D eigenvalue weighted by molar-refractivity contribution is 9.10. The summed E-state index contributed by atoms with van der Waals surface area (Å²) in [4.78, 5) is 0. The first-order valence-electron chi connectivity index (χ1n) is 5.86. The summed E-state index contributed by atoms with van der Waals surface area (Å²) in [6, 6.07) is 7.25. The van der Waals surface area contributed by atoms with Gasteiger partial charge in [-0.1, -0.05) is 12.1 Å². The van der Waals surface area contributed by atoms with Crippen molar-refractivity contribution in [3.05, 3.63) is 69.4 Å². The zero-order valence-electron chi connectivity index (χ0n) is 10.3. The first-order valence-corrected chi connectivity index (χ1v) is 6.65. The minimum absolute atomic E-state index is 0.289. The molecule has 1 atom stereocenters. The van der Waals surface area contributed by atoms with E-state index in [1.807, 2.05) is 0 Å². The van der Waals surface area contributed by atoms with E-state index >= 15 is 0 Å². The van der Waals surface area contributed by atoms with Crippen molar-refractivity contribution in [3.8, 4) is 0 Å². The quantitative estimate of drug-likeness (QED) is 0.656. The number of nitrogens with two attached hydrogens (primary N) is 1. The minimum atomic E-state index is -0.682. The molecule has 0 fully saturated rings. The Hall–Kier alpha value is -1.37. The highest BCUT2D eigenvalue weighted by Gasteiger charge is 2.15. The molecule has 0 bridgehead atoms. The largest absolute Gasteiger partial charge is 0.271 e. The Labute approximate surface area is 122 Å². The van der Waals surface area contributed by atoms with Crippen molar-refractivity contribution >= 4 is 15.9 Å². The van der Waals surface area contributed by atoms with E-state index in [-0.39, 0.29) is 6.42 Å². The van der Waals surface area contributed by atoms with E-state index in [4.69, 9.17) is 5.84 Å². The lowest BCUT2D eigenvalue weighted by atomic mass is 9.99. The van der Waals surface area contributed by atoms with Gasteiger partial charge in [0.05, 0.1) is 10.5 Å². The molecule has 1 unspecified atom stereocenters. The van der Waals surface area contributed by atoms with Crippen LogP contribution in [0.1, 0.15) is 17.2 Å². The van der Waals surface area contributed by atoms with E-state index in [9.17, 15) is 13.2 Å². The zero-order chi connectivity index (χ0) is 14.7. The molecule has 2 aromatic rings. The van der Waals surface area contributed by atoms with E-state index < -0.39 is 23.5 Å². The van der Waals surface area contributed by atoms with Crippen molar-refractivity contribution in [1.29, 1.82) is 0 Å². The van der Waals surface area contributed by atoms with Crippen molar-refractivity contribution in [2.45, 2.75) is 12.5 Å². The molecule has 2 nitrogen and oxygen atoms in total. The second-order valence-corrected chi connectivity index (χ2v) is 5.13. The van der Waals surface area contributed by atoms with Gasteiger partial charge in [0.25, 0.3) is 0 Å². The van der Waals surface area contributed by atoms with E-state index in [1.54, 1.807) is 12.1 Å². The Bertz CT molecular complexity index is 599. The van der Waals surface area contributed by atoms with Crippen molar-refractivity contribution in [2.24, 2.45) is 5.84 Å². The monoisotopic (exact) mass is 344 g/mol. The molecule has 0 amide bonds. The van der Waals surface area contributed by atoms with Crippen LogP contribution in [0.2, 0.25) is 0 Å². The van der Waals surface area contributed by atoms with Crippen LogP contribution in [0.25, 0.3) is 0 Å². The number of nitrogens with one attached hydrogen (secondary N) is 1. The summed E-state index contributed by atoms with van der Waals surface area (Å²) in [5.41, 5.74) is 3.50. The predicted octanol–water partition coefficient (Wildman–Crippen LogP) is 3.61. The smallest absolute Gasteiger partial charge is 0.137 e. The highest BCUT2D eigenvalue weighted by atomic mass is 79.9. The molecule has 0 aliphatic rings. The summed E-state index contributed by atoms with van der Waals surface area (Å²) >= 11 is 3.15. The van der Waals surface area contributed by atoms with Gasteiger partial charge in [0, 0.05) is 6.07 Å². The van der Waals surface area contributed by atoms with Gasteiger partial charge in [-0.05, 0) is 51.7 Å². The lowest BCUT2D eigenvalue weighted by molar-refractivity contribution is 0.527. The number of hydrogen-bond donors (Lipinski definition) is 2. The maximum Gasteiger partial charge on any atom is 0.137 e. The number of rotatable bonds is 4. The summed E-state index contributed by atoms with van der Waals surface area (Å²) in [5, 5.41) is 0. The second-order valence-electron chi connectivity index (χ2n) is 4.34. The van der Waals surface area contributed by atoms with Crippen molar-refractivity contribution in [1.82, 2.24) is 5.43 Å². The van der Waals surface area contributed by atoms with Crippen LogP contribution in [0.15, 0.2) is 40.9 Å². The topological polar surface area (TPSA) is 38.0 Å². The summed E-state index contributed by atoms with van der Waals surface area (Å²) in [6.45, 7) is 0. The lowest BCUT2D eigenvalue weighted by Gasteiger charge is -2.17. The molecule has 0 spiro atoms. The fourth-order valence-electron chi connectivity index (χ4n) is 1.98. The first kappa shape index (κ1) is 15.0. The third-order valence-electron chi connectivity index (χ3n) is 2.94.